The van der Waals surface area contributed by atoms with Crippen molar-refractivity contribution >= 4 is 22.9 Å². The van der Waals surface area contributed by atoms with Gasteiger partial charge in [0.15, 0.2) is 0 Å². The highest BCUT2D eigenvalue weighted by Gasteiger charge is 2.17. The molecule has 0 aliphatic rings. The summed E-state index contributed by atoms with van der Waals surface area (Å²) >= 11 is 1.40. The Kier molecular flexibility index (Phi) is 3.53. The minimum Gasteiger partial charge on any atom is -0.294 e. The number of carbonyl (C=O) groups is 1. The maximum Gasteiger partial charge on any atom is 0.269 e. The lowest BCUT2D eigenvalue weighted by Crippen LogP contribution is -2.30. The molecule has 4 heteroatoms. The molecule has 2 heterocycles. The van der Waals surface area contributed by atoms with Crippen molar-refractivity contribution in [3.05, 3.63) is 46.9 Å². The number of carbonyl (C=O) groups excluding carboxylic acids is 1. The van der Waals surface area contributed by atoms with Crippen molar-refractivity contribution in [2.24, 2.45) is 0 Å². The molecule has 0 unspecified atom stereocenters. The predicted molar refractivity (Wildman–Crippen MR) is 69.1 cm³/mol. The minimum atomic E-state index is -0.0917. The predicted octanol–water partition coefficient (Wildman–Crippen LogP) is 2.42. The van der Waals surface area contributed by atoms with Crippen molar-refractivity contribution < 1.29 is 4.79 Å². The molecule has 0 radical (unpaired) electrons. The van der Waals surface area contributed by atoms with Crippen molar-refractivity contribution in [3.63, 3.8) is 0 Å². The number of nitrogens with zero attached hydrogens (tertiary/aromatic N) is 2. The number of amides is 1. The zero-order valence-electron chi connectivity index (χ0n) is 9.04. The lowest BCUT2D eigenvalue weighted by molar-refractivity contribution is 0.0994. The van der Waals surface area contributed by atoms with E-state index in [0.29, 0.717) is 10.6 Å². The van der Waals surface area contributed by atoms with Crippen molar-refractivity contribution in [2.45, 2.75) is 0 Å². The van der Waals surface area contributed by atoms with Gasteiger partial charge >= 0.3 is 0 Å². The number of thiophene rings is 1. The van der Waals surface area contributed by atoms with Gasteiger partial charge in [-0.15, -0.1) is 17.8 Å². The summed E-state index contributed by atoms with van der Waals surface area (Å²) in [5, 5.41) is 1.87. The van der Waals surface area contributed by atoms with Crippen molar-refractivity contribution in [3.8, 4) is 12.3 Å². The third-order valence-corrected chi connectivity index (χ3v) is 3.04. The van der Waals surface area contributed by atoms with Gasteiger partial charge in [0.25, 0.3) is 5.91 Å². The highest BCUT2D eigenvalue weighted by Crippen LogP contribution is 2.18. The fourth-order valence-corrected chi connectivity index (χ4v) is 2.09. The molecule has 0 N–H and O–H groups in total. The first-order valence-electron chi connectivity index (χ1n) is 5.02. The van der Waals surface area contributed by atoms with E-state index in [9.17, 15) is 4.79 Å². The molecule has 0 atom stereocenters. The molecule has 0 saturated heterocycles. The van der Waals surface area contributed by atoms with E-state index in [2.05, 4.69) is 10.9 Å². The Balaban J connectivity index is 2.31. The molecule has 2 aromatic heterocycles. The molecule has 17 heavy (non-hydrogen) atoms. The van der Waals surface area contributed by atoms with Crippen LogP contribution in [0.5, 0.6) is 0 Å². The largest absolute Gasteiger partial charge is 0.294 e. The van der Waals surface area contributed by atoms with Crippen LogP contribution >= 0.6 is 11.3 Å². The third kappa shape index (κ3) is 2.52. The van der Waals surface area contributed by atoms with E-state index in [1.807, 2.05) is 17.5 Å². The van der Waals surface area contributed by atoms with Crippen LogP contribution < -0.4 is 4.90 Å². The monoisotopic (exact) mass is 242 g/mol. The van der Waals surface area contributed by atoms with Crippen LogP contribution in [-0.4, -0.2) is 17.4 Å². The number of pyridine rings is 1. The summed E-state index contributed by atoms with van der Waals surface area (Å²) < 4.78 is 0. The summed E-state index contributed by atoms with van der Waals surface area (Å²) in [4.78, 5) is 18.4. The van der Waals surface area contributed by atoms with Crippen molar-refractivity contribution in [1.82, 2.24) is 4.98 Å². The molecule has 0 aromatic carbocycles. The van der Waals surface area contributed by atoms with Gasteiger partial charge in [0, 0.05) is 6.20 Å². The molecule has 0 fully saturated rings. The second-order valence-corrected chi connectivity index (χ2v) is 4.23. The van der Waals surface area contributed by atoms with Crippen LogP contribution in [-0.2, 0) is 0 Å². The van der Waals surface area contributed by atoms with E-state index in [1.165, 1.54) is 11.3 Å². The maximum atomic E-state index is 12.2. The molecule has 84 valence electrons. The zero-order chi connectivity index (χ0) is 12.1. The van der Waals surface area contributed by atoms with Gasteiger partial charge in [-0.05, 0) is 23.6 Å². The molecule has 0 spiro atoms. The lowest BCUT2D eigenvalue weighted by Gasteiger charge is -2.18. The second-order valence-electron chi connectivity index (χ2n) is 3.28. The molecular weight excluding hydrogens is 232 g/mol. The Morgan fingerprint density at radius 3 is 2.94 bits per heavy atom. The van der Waals surface area contributed by atoms with Crippen molar-refractivity contribution in [1.29, 1.82) is 0 Å². The Bertz CT molecular complexity index is 528. The third-order valence-electron chi connectivity index (χ3n) is 2.18. The van der Waals surface area contributed by atoms with Crippen LogP contribution in [0.4, 0.5) is 5.69 Å². The topological polar surface area (TPSA) is 33.2 Å². The van der Waals surface area contributed by atoms with Crippen LogP contribution in [0, 0.1) is 12.3 Å². The average Bonchev–Trinajstić information content (AvgIpc) is 2.90. The first-order valence-corrected chi connectivity index (χ1v) is 5.90. The highest BCUT2D eigenvalue weighted by atomic mass is 32.1. The normalized spacial score (nSPS) is 9.59. The summed E-state index contributed by atoms with van der Waals surface area (Å²) in [6.45, 7) is 0.239. The van der Waals surface area contributed by atoms with Crippen LogP contribution in [0.3, 0.4) is 0 Å². The summed E-state index contributed by atoms with van der Waals surface area (Å²) in [5.74, 6) is 2.40. The van der Waals surface area contributed by atoms with Gasteiger partial charge in [0.1, 0.15) is 0 Å². The van der Waals surface area contributed by atoms with Gasteiger partial charge < -0.3 is 0 Å². The van der Waals surface area contributed by atoms with E-state index in [4.69, 9.17) is 6.42 Å². The Labute approximate surface area is 104 Å². The lowest BCUT2D eigenvalue weighted by atomic mass is 10.3. The van der Waals surface area contributed by atoms with E-state index in [0.717, 1.165) is 0 Å². The minimum absolute atomic E-state index is 0.0917. The summed E-state index contributed by atoms with van der Waals surface area (Å²) in [6.07, 6.45) is 8.58. The van der Waals surface area contributed by atoms with Gasteiger partial charge in [-0.3, -0.25) is 14.7 Å². The van der Waals surface area contributed by atoms with Crippen LogP contribution in [0.15, 0.2) is 42.0 Å². The average molecular weight is 242 g/mol. The van der Waals surface area contributed by atoms with Crippen LogP contribution in [0.2, 0.25) is 0 Å². The Morgan fingerprint density at radius 1 is 1.47 bits per heavy atom. The number of aromatic nitrogens is 1. The van der Waals surface area contributed by atoms with E-state index < -0.39 is 0 Å². The van der Waals surface area contributed by atoms with Gasteiger partial charge in [-0.2, -0.15) is 0 Å². The maximum absolute atomic E-state index is 12.2. The summed E-state index contributed by atoms with van der Waals surface area (Å²) in [5.41, 5.74) is 0.712. The van der Waals surface area contributed by atoms with E-state index >= 15 is 0 Å². The second kappa shape index (κ2) is 5.28. The molecule has 3 nitrogen and oxygen atoms in total. The van der Waals surface area contributed by atoms with Crippen LogP contribution in [0.1, 0.15) is 9.67 Å². The van der Waals surface area contributed by atoms with Gasteiger partial charge in [-0.25, -0.2) is 0 Å². The molecular formula is C13H10N2OS. The number of hydrogen-bond donors (Lipinski definition) is 0. The molecule has 2 aromatic rings. The van der Waals surface area contributed by atoms with Crippen LogP contribution in [0.25, 0.3) is 0 Å². The quantitative estimate of drug-likeness (QED) is 0.774. The molecule has 1 amide bonds. The fraction of sp³-hybridized carbons (Fsp3) is 0.0769. The molecule has 2 rings (SSSR count). The smallest absolute Gasteiger partial charge is 0.269 e. The number of rotatable bonds is 3. The molecule has 0 saturated carbocycles. The standard InChI is InChI=1S/C13H10N2OS/c1-2-8-15(11-5-3-7-14-10-11)13(16)12-6-4-9-17-12/h1,3-7,9-10H,8H2. The fourth-order valence-electron chi connectivity index (χ4n) is 1.42. The highest BCUT2D eigenvalue weighted by molar-refractivity contribution is 7.12. The summed E-state index contributed by atoms with van der Waals surface area (Å²) in [7, 11) is 0. The molecule has 0 aliphatic heterocycles. The molecule has 0 aliphatic carbocycles. The zero-order valence-corrected chi connectivity index (χ0v) is 9.85. The van der Waals surface area contributed by atoms with Gasteiger partial charge in [0.05, 0.1) is 23.3 Å². The number of hydrogen-bond acceptors (Lipinski definition) is 3. The SMILES string of the molecule is C#CCN(C(=O)c1cccs1)c1cccnc1. The summed E-state index contributed by atoms with van der Waals surface area (Å²) in [6, 6.07) is 7.22. The van der Waals surface area contributed by atoms with E-state index in [1.54, 1.807) is 29.4 Å². The first-order chi connectivity index (χ1) is 8.33. The van der Waals surface area contributed by atoms with E-state index in [-0.39, 0.29) is 12.5 Å². The van der Waals surface area contributed by atoms with Gasteiger partial charge in [0.2, 0.25) is 0 Å². The Morgan fingerprint density at radius 2 is 2.35 bits per heavy atom. The van der Waals surface area contributed by atoms with Crippen molar-refractivity contribution in [2.75, 3.05) is 11.4 Å². The van der Waals surface area contributed by atoms with Gasteiger partial charge in [-0.1, -0.05) is 12.0 Å². The first kappa shape index (κ1) is 11.4. The molecule has 0 bridgehead atoms. The number of anilines is 1. The Hall–Kier alpha value is -2.12. The number of terminal acetylenes is 1.